The van der Waals surface area contributed by atoms with Gasteiger partial charge in [-0.05, 0) is 42.4 Å². The molecule has 0 saturated heterocycles. The maximum atomic E-state index is 9.25. The summed E-state index contributed by atoms with van der Waals surface area (Å²) in [5, 5.41) is 9.25. The van der Waals surface area contributed by atoms with E-state index >= 15 is 0 Å². The number of rotatable bonds is 1. The van der Waals surface area contributed by atoms with Gasteiger partial charge in [0.25, 0.3) is 0 Å². The fraction of sp³-hybridized carbons (Fsp3) is 0.833. The third-order valence-electron chi connectivity index (χ3n) is 3.76. The molecule has 0 unspecified atom stereocenters. The molecule has 2 aliphatic rings. The van der Waals surface area contributed by atoms with E-state index in [2.05, 4.69) is 26.0 Å². The zero-order valence-electron chi connectivity index (χ0n) is 8.71. The summed E-state index contributed by atoms with van der Waals surface area (Å²) in [6.07, 6.45) is 9.62. The van der Waals surface area contributed by atoms with Crippen LogP contribution in [-0.2, 0) is 0 Å². The van der Waals surface area contributed by atoms with Gasteiger partial charge in [0.1, 0.15) is 0 Å². The van der Waals surface area contributed by atoms with Crippen molar-refractivity contribution in [2.24, 2.45) is 16.7 Å². The number of hydrogen-bond acceptors (Lipinski definition) is 1. The highest BCUT2D eigenvalue weighted by molar-refractivity contribution is 5.11. The van der Waals surface area contributed by atoms with E-state index in [0.717, 1.165) is 0 Å². The third kappa shape index (κ3) is 1.67. The van der Waals surface area contributed by atoms with Gasteiger partial charge in [0.05, 0.1) is 0 Å². The molecule has 0 aromatic heterocycles. The lowest BCUT2D eigenvalue weighted by Gasteiger charge is -2.49. The first-order valence-electron chi connectivity index (χ1n) is 5.34. The monoisotopic (exact) mass is 180 g/mol. The topological polar surface area (TPSA) is 20.2 Å². The molecule has 2 rings (SSSR count). The second-order valence-corrected chi connectivity index (χ2v) is 5.70. The van der Waals surface area contributed by atoms with Crippen LogP contribution in [0.4, 0.5) is 0 Å². The van der Waals surface area contributed by atoms with Crippen molar-refractivity contribution in [1.29, 1.82) is 0 Å². The first-order valence-corrected chi connectivity index (χ1v) is 5.34. The fourth-order valence-corrected chi connectivity index (χ4v) is 3.59. The fourth-order valence-electron chi connectivity index (χ4n) is 3.59. The van der Waals surface area contributed by atoms with E-state index in [9.17, 15) is 5.11 Å². The first kappa shape index (κ1) is 9.26. The van der Waals surface area contributed by atoms with Crippen molar-refractivity contribution >= 4 is 0 Å². The molecule has 0 heterocycles. The van der Waals surface area contributed by atoms with Crippen LogP contribution in [0.2, 0.25) is 0 Å². The Morgan fingerprint density at radius 1 is 1.38 bits per heavy atom. The normalized spacial score (nSPS) is 49.3. The molecule has 1 heteroatoms. The number of aliphatic hydroxyl groups excluding tert-OH is 1. The lowest BCUT2D eigenvalue weighted by Crippen LogP contribution is -2.39. The molecule has 13 heavy (non-hydrogen) atoms. The zero-order chi connectivity index (χ0) is 9.53. The quantitative estimate of drug-likeness (QED) is 0.615. The minimum Gasteiger partial charge on any atom is -0.396 e. The highest BCUT2D eigenvalue weighted by Crippen LogP contribution is 2.53. The van der Waals surface area contributed by atoms with Gasteiger partial charge in [0.15, 0.2) is 0 Å². The van der Waals surface area contributed by atoms with Gasteiger partial charge in [-0.3, -0.25) is 0 Å². The molecular formula is C12H20O. The molecule has 1 saturated carbocycles. The Labute approximate surface area is 80.8 Å². The Morgan fingerprint density at radius 2 is 2.15 bits per heavy atom. The summed E-state index contributed by atoms with van der Waals surface area (Å²) in [4.78, 5) is 0. The van der Waals surface area contributed by atoms with Crippen molar-refractivity contribution in [2.45, 2.75) is 39.5 Å². The number of aliphatic hydroxyl groups is 1. The van der Waals surface area contributed by atoms with Gasteiger partial charge in [-0.2, -0.15) is 0 Å². The van der Waals surface area contributed by atoms with Gasteiger partial charge in [-0.1, -0.05) is 26.0 Å². The highest BCUT2D eigenvalue weighted by Gasteiger charge is 2.43. The molecule has 2 bridgehead atoms. The Hall–Kier alpha value is -0.300. The summed E-state index contributed by atoms with van der Waals surface area (Å²) in [6.45, 7) is 5.08. The Balaban J connectivity index is 2.23. The average molecular weight is 180 g/mol. The first-order chi connectivity index (χ1) is 6.05. The van der Waals surface area contributed by atoms with Crippen molar-refractivity contribution in [1.82, 2.24) is 0 Å². The maximum absolute atomic E-state index is 9.25. The van der Waals surface area contributed by atoms with E-state index in [-0.39, 0.29) is 0 Å². The molecule has 0 radical (unpaired) electrons. The van der Waals surface area contributed by atoms with Crippen LogP contribution in [-0.4, -0.2) is 11.7 Å². The van der Waals surface area contributed by atoms with E-state index in [0.29, 0.717) is 23.4 Å². The summed E-state index contributed by atoms with van der Waals surface area (Å²) < 4.78 is 0. The largest absolute Gasteiger partial charge is 0.396 e. The molecule has 1 N–H and O–H groups in total. The number of allylic oxidation sites excluding steroid dienone is 2. The van der Waals surface area contributed by atoms with Crippen molar-refractivity contribution < 1.29 is 5.11 Å². The van der Waals surface area contributed by atoms with Gasteiger partial charge in [-0.15, -0.1) is 0 Å². The van der Waals surface area contributed by atoms with E-state index in [1.807, 2.05) is 0 Å². The molecule has 0 aromatic rings. The minimum absolute atomic E-state index is 0.374. The van der Waals surface area contributed by atoms with Crippen LogP contribution >= 0.6 is 0 Å². The van der Waals surface area contributed by atoms with E-state index in [1.54, 1.807) is 0 Å². The average Bonchev–Trinajstić information content (AvgIpc) is 2.00. The maximum Gasteiger partial charge on any atom is 0.0459 e. The van der Waals surface area contributed by atoms with Crippen molar-refractivity contribution in [3.63, 3.8) is 0 Å². The van der Waals surface area contributed by atoms with Crippen LogP contribution in [0.1, 0.15) is 39.5 Å². The van der Waals surface area contributed by atoms with Crippen LogP contribution in [0, 0.1) is 16.7 Å². The van der Waals surface area contributed by atoms with Gasteiger partial charge in [-0.25, -0.2) is 0 Å². The summed E-state index contributed by atoms with van der Waals surface area (Å²) >= 11 is 0. The molecule has 0 aromatic carbocycles. The van der Waals surface area contributed by atoms with Crippen LogP contribution in [0.15, 0.2) is 12.2 Å². The number of hydrogen-bond donors (Lipinski definition) is 1. The van der Waals surface area contributed by atoms with E-state index in [4.69, 9.17) is 0 Å². The van der Waals surface area contributed by atoms with Crippen LogP contribution in [0.25, 0.3) is 0 Å². The SMILES string of the molecule is C[C@]12C=CC[C@](C)(C[C@H](CO)C1)C2. The van der Waals surface area contributed by atoms with Crippen LogP contribution < -0.4 is 0 Å². The van der Waals surface area contributed by atoms with Gasteiger partial charge < -0.3 is 5.11 Å². The molecular weight excluding hydrogens is 160 g/mol. The van der Waals surface area contributed by atoms with Crippen LogP contribution in [0.3, 0.4) is 0 Å². The van der Waals surface area contributed by atoms with Crippen LogP contribution in [0.5, 0.6) is 0 Å². The van der Waals surface area contributed by atoms with Gasteiger partial charge in [0.2, 0.25) is 0 Å². The Kier molecular flexibility index (Phi) is 2.03. The van der Waals surface area contributed by atoms with E-state index < -0.39 is 0 Å². The summed E-state index contributed by atoms with van der Waals surface area (Å²) in [5.74, 6) is 0.536. The van der Waals surface area contributed by atoms with Gasteiger partial charge in [0, 0.05) is 6.61 Å². The summed E-state index contributed by atoms with van der Waals surface area (Å²) in [5.41, 5.74) is 0.841. The van der Waals surface area contributed by atoms with Crippen molar-refractivity contribution in [3.8, 4) is 0 Å². The smallest absolute Gasteiger partial charge is 0.0459 e. The predicted molar refractivity (Wildman–Crippen MR) is 54.4 cm³/mol. The van der Waals surface area contributed by atoms with Crippen molar-refractivity contribution in [2.75, 3.05) is 6.61 Å². The zero-order valence-corrected chi connectivity index (χ0v) is 8.71. The Morgan fingerprint density at radius 3 is 2.77 bits per heavy atom. The molecule has 74 valence electrons. The molecule has 0 amide bonds. The third-order valence-corrected chi connectivity index (χ3v) is 3.76. The molecule has 0 aliphatic heterocycles. The van der Waals surface area contributed by atoms with E-state index in [1.165, 1.54) is 25.7 Å². The predicted octanol–water partition coefficient (Wildman–Crippen LogP) is 2.75. The highest BCUT2D eigenvalue weighted by atomic mass is 16.3. The standard InChI is InChI=1S/C12H20O/c1-11-4-3-5-12(2,9-11)7-10(6-11)8-13/h3-4,10,13H,5-9H2,1-2H3/t10-,11+,12-/m1/s1. The molecule has 2 aliphatic carbocycles. The summed E-state index contributed by atoms with van der Waals surface area (Å²) in [7, 11) is 0. The lowest BCUT2D eigenvalue weighted by molar-refractivity contribution is 0.0354. The minimum atomic E-state index is 0.374. The molecule has 3 atom stereocenters. The van der Waals surface area contributed by atoms with Gasteiger partial charge >= 0.3 is 0 Å². The Bertz CT molecular complexity index is 233. The summed E-state index contributed by atoms with van der Waals surface area (Å²) in [6, 6.07) is 0. The molecule has 1 fully saturated rings. The van der Waals surface area contributed by atoms with Crippen molar-refractivity contribution in [3.05, 3.63) is 12.2 Å². The number of fused-ring (bicyclic) bond motifs is 2. The second kappa shape index (κ2) is 2.84. The lowest BCUT2D eigenvalue weighted by atomic mass is 9.56. The molecule has 0 spiro atoms. The molecule has 1 nitrogen and oxygen atoms in total. The second-order valence-electron chi connectivity index (χ2n) is 5.70.